The molecule has 2 aromatic rings. The zero-order chi connectivity index (χ0) is 19.9. The molecule has 1 aliphatic rings. The van der Waals surface area contributed by atoms with E-state index in [2.05, 4.69) is 10.2 Å². The van der Waals surface area contributed by atoms with E-state index in [-0.39, 0.29) is 33.8 Å². The van der Waals surface area contributed by atoms with Crippen LogP contribution in [0.15, 0.2) is 17.4 Å². The lowest BCUT2D eigenvalue weighted by Crippen LogP contribution is -2.50. The smallest absolute Gasteiger partial charge is 0.336 e. The van der Waals surface area contributed by atoms with Gasteiger partial charge in [-0.25, -0.2) is 0 Å². The molecule has 3 heterocycles. The fraction of sp³-hybridized carbons (Fsp3) is 0.588. The number of pyridine rings is 1. The molecule has 3 rings (SSSR count). The maximum atomic E-state index is 13.1. The van der Waals surface area contributed by atoms with Crippen molar-refractivity contribution in [1.29, 1.82) is 0 Å². The summed E-state index contributed by atoms with van der Waals surface area (Å²) >= 11 is 7.02. The van der Waals surface area contributed by atoms with Crippen molar-refractivity contribution < 1.29 is 18.0 Å². The van der Waals surface area contributed by atoms with E-state index in [1.807, 2.05) is 18.7 Å². The number of nitrogens with zero attached hydrogens (tertiary/aromatic N) is 4. The van der Waals surface area contributed by atoms with Crippen LogP contribution < -0.4 is 0 Å². The van der Waals surface area contributed by atoms with Crippen molar-refractivity contribution in [1.82, 2.24) is 19.5 Å². The van der Waals surface area contributed by atoms with Crippen molar-refractivity contribution in [3.8, 4) is 0 Å². The van der Waals surface area contributed by atoms with E-state index < -0.39 is 17.0 Å². The SMILES string of the molecule is C[C@@H]1CCC[C@@H](C)N1C(=O)[C@@H](C)Sc1nnc2c(Cl)cc(C(F)(F)F)cn12. The van der Waals surface area contributed by atoms with Gasteiger partial charge in [-0.15, -0.1) is 10.2 Å². The van der Waals surface area contributed by atoms with E-state index in [0.29, 0.717) is 0 Å². The van der Waals surface area contributed by atoms with Gasteiger partial charge in [0.15, 0.2) is 10.8 Å². The fourth-order valence-electron chi connectivity index (χ4n) is 3.44. The summed E-state index contributed by atoms with van der Waals surface area (Å²) < 4.78 is 40.4. The summed E-state index contributed by atoms with van der Waals surface area (Å²) in [5, 5.41) is 7.36. The van der Waals surface area contributed by atoms with Crippen molar-refractivity contribution in [3.05, 3.63) is 22.8 Å². The number of alkyl halides is 3. The quantitative estimate of drug-likeness (QED) is 0.677. The summed E-state index contributed by atoms with van der Waals surface area (Å²) in [7, 11) is 0. The van der Waals surface area contributed by atoms with Gasteiger partial charge in [0.2, 0.25) is 5.91 Å². The van der Waals surface area contributed by atoms with Gasteiger partial charge < -0.3 is 4.90 Å². The van der Waals surface area contributed by atoms with Crippen molar-refractivity contribution in [3.63, 3.8) is 0 Å². The number of halogens is 4. The predicted octanol–water partition coefficient (Wildman–Crippen LogP) is 4.67. The summed E-state index contributed by atoms with van der Waals surface area (Å²) in [5.41, 5.74) is -0.759. The Kier molecular flexibility index (Phi) is 5.63. The van der Waals surface area contributed by atoms with Crippen LogP contribution in [-0.4, -0.2) is 42.7 Å². The lowest BCUT2D eigenvalue weighted by Gasteiger charge is -2.40. The van der Waals surface area contributed by atoms with Gasteiger partial charge in [-0.1, -0.05) is 23.4 Å². The zero-order valence-electron chi connectivity index (χ0n) is 15.1. The Bertz CT molecular complexity index is 847. The minimum absolute atomic E-state index is 0.0467. The highest BCUT2D eigenvalue weighted by atomic mass is 35.5. The van der Waals surface area contributed by atoms with Crippen LogP contribution in [0.1, 0.15) is 45.6 Å². The molecule has 0 unspecified atom stereocenters. The molecule has 1 saturated heterocycles. The monoisotopic (exact) mass is 420 g/mol. The Morgan fingerprint density at radius 2 is 1.93 bits per heavy atom. The van der Waals surface area contributed by atoms with Crippen molar-refractivity contribution in [2.75, 3.05) is 0 Å². The highest BCUT2D eigenvalue weighted by Crippen LogP contribution is 2.34. The highest BCUT2D eigenvalue weighted by molar-refractivity contribution is 8.00. The number of piperidine rings is 1. The number of aromatic nitrogens is 3. The largest absolute Gasteiger partial charge is 0.417 e. The fourth-order valence-corrected chi connectivity index (χ4v) is 4.57. The molecule has 0 spiro atoms. The second kappa shape index (κ2) is 7.50. The third-order valence-corrected chi connectivity index (χ3v) is 6.16. The Balaban J connectivity index is 1.87. The van der Waals surface area contributed by atoms with E-state index >= 15 is 0 Å². The van der Waals surface area contributed by atoms with Crippen LogP contribution in [0.4, 0.5) is 13.2 Å². The van der Waals surface area contributed by atoms with Gasteiger partial charge in [0.1, 0.15) is 0 Å². The Morgan fingerprint density at radius 3 is 2.52 bits per heavy atom. The molecule has 2 aromatic heterocycles. The number of amides is 1. The third kappa shape index (κ3) is 4.03. The second-order valence-electron chi connectivity index (χ2n) is 6.89. The predicted molar refractivity (Wildman–Crippen MR) is 97.9 cm³/mol. The van der Waals surface area contributed by atoms with Gasteiger partial charge in [0, 0.05) is 18.3 Å². The van der Waals surface area contributed by atoms with Crippen molar-refractivity contribution >= 4 is 34.9 Å². The van der Waals surface area contributed by atoms with E-state index in [4.69, 9.17) is 11.6 Å². The maximum absolute atomic E-state index is 13.1. The van der Waals surface area contributed by atoms with Crippen molar-refractivity contribution in [2.24, 2.45) is 0 Å². The number of thioether (sulfide) groups is 1. The van der Waals surface area contributed by atoms with Crippen molar-refractivity contribution in [2.45, 2.75) is 68.7 Å². The number of hydrogen-bond donors (Lipinski definition) is 0. The molecule has 1 fully saturated rings. The molecule has 5 nitrogen and oxygen atoms in total. The first kappa shape index (κ1) is 20.3. The minimum atomic E-state index is -4.54. The number of rotatable bonds is 3. The summed E-state index contributed by atoms with van der Waals surface area (Å²) in [5.74, 6) is -0.0467. The molecule has 10 heteroatoms. The Hall–Kier alpha value is -1.48. The molecule has 148 valence electrons. The van der Waals surface area contributed by atoms with Crippen LogP contribution in [0.5, 0.6) is 0 Å². The van der Waals surface area contributed by atoms with E-state index in [0.717, 1.165) is 43.3 Å². The molecule has 0 aromatic carbocycles. The Morgan fingerprint density at radius 1 is 1.30 bits per heavy atom. The van der Waals surface area contributed by atoms with Crippen LogP contribution in [0.2, 0.25) is 5.02 Å². The molecule has 0 N–H and O–H groups in total. The highest BCUT2D eigenvalue weighted by Gasteiger charge is 2.34. The molecule has 0 saturated carbocycles. The summed E-state index contributed by atoms with van der Waals surface area (Å²) in [4.78, 5) is 14.8. The molecular formula is C17H20ClF3N4OS. The zero-order valence-corrected chi connectivity index (χ0v) is 16.7. The van der Waals surface area contributed by atoms with Crippen LogP contribution in [-0.2, 0) is 11.0 Å². The first-order chi connectivity index (χ1) is 12.6. The lowest BCUT2D eigenvalue weighted by atomic mass is 9.97. The average Bonchev–Trinajstić information content (AvgIpc) is 2.97. The van der Waals surface area contributed by atoms with Gasteiger partial charge in [-0.3, -0.25) is 9.20 Å². The van der Waals surface area contributed by atoms with Gasteiger partial charge >= 0.3 is 6.18 Å². The lowest BCUT2D eigenvalue weighted by molar-refractivity contribution is -0.138. The van der Waals surface area contributed by atoms with Gasteiger partial charge in [-0.2, -0.15) is 13.2 Å². The maximum Gasteiger partial charge on any atom is 0.417 e. The molecule has 1 amide bonds. The minimum Gasteiger partial charge on any atom is -0.336 e. The van der Waals surface area contributed by atoms with Gasteiger partial charge in [0.05, 0.1) is 15.8 Å². The molecule has 27 heavy (non-hydrogen) atoms. The average molecular weight is 421 g/mol. The number of carbonyl (C=O) groups excluding carboxylic acids is 1. The van der Waals surface area contributed by atoms with Crippen LogP contribution in [0.3, 0.4) is 0 Å². The van der Waals surface area contributed by atoms with Crippen LogP contribution in [0.25, 0.3) is 5.65 Å². The number of hydrogen-bond acceptors (Lipinski definition) is 4. The molecule has 0 bridgehead atoms. The Labute approximate surface area is 164 Å². The first-order valence-corrected chi connectivity index (χ1v) is 9.95. The van der Waals surface area contributed by atoms with E-state index in [1.165, 1.54) is 4.40 Å². The number of fused-ring (bicyclic) bond motifs is 1. The molecular weight excluding hydrogens is 401 g/mol. The standard InChI is InChI=1S/C17H20ClF3N4OS/c1-9-5-4-6-10(2)25(9)15(26)11(3)27-16-23-22-14-13(18)7-12(8-24(14)16)17(19,20)21/h7-11H,4-6H2,1-3H3/t9-,10-,11-/m1/s1. The summed E-state index contributed by atoms with van der Waals surface area (Å²) in [6, 6.07) is 1.11. The van der Waals surface area contributed by atoms with E-state index in [9.17, 15) is 18.0 Å². The first-order valence-electron chi connectivity index (χ1n) is 8.70. The molecule has 0 radical (unpaired) electrons. The molecule has 1 aliphatic heterocycles. The van der Waals surface area contributed by atoms with E-state index in [1.54, 1.807) is 6.92 Å². The van der Waals surface area contributed by atoms with Gasteiger partial charge in [-0.05, 0) is 46.1 Å². The summed E-state index contributed by atoms with van der Waals surface area (Å²) in [6.07, 6.45) is -0.643. The topological polar surface area (TPSA) is 50.5 Å². The molecule has 3 atom stereocenters. The number of carbonyl (C=O) groups is 1. The molecule has 0 aliphatic carbocycles. The van der Waals surface area contributed by atoms with Gasteiger partial charge in [0.25, 0.3) is 0 Å². The van der Waals surface area contributed by atoms with Crippen LogP contribution in [0, 0.1) is 0 Å². The third-order valence-electron chi connectivity index (χ3n) is 4.83. The van der Waals surface area contributed by atoms with Crippen LogP contribution >= 0.6 is 23.4 Å². The summed E-state index contributed by atoms with van der Waals surface area (Å²) in [6.45, 7) is 5.77. The number of likely N-dealkylation sites (tertiary alicyclic amines) is 1. The second-order valence-corrected chi connectivity index (χ2v) is 8.60. The normalized spacial score (nSPS) is 22.3.